The zero-order valence-corrected chi connectivity index (χ0v) is 22.8. The first kappa shape index (κ1) is 26.5. The fourth-order valence-corrected chi connectivity index (χ4v) is 5.80. The maximum Gasteiger partial charge on any atom is 0.126 e. The van der Waals surface area contributed by atoms with Gasteiger partial charge in [0.15, 0.2) is 0 Å². The van der Waals surface area contributed by atoms with Crippen molar-refractivity contribution in [2.24, 2.45) is 0 Å². The van der Waals surface area contributed by atoms with Gasteiger partial charge in [0.25, 0.3) is 0 Å². The maximum atomic E-state index is 14.1. The summed E-state index contributed by atoms with van der Waals surface area (Å²) in [6.45, 7) is 13.1. The predicted octanol–water partition coefficient (Wildman–Crippen LogP) is 8.12. The lowest BCUT2D eigenvalue weighted by atomic mass is 9.89. The summed E-state index contributed by atoms with van der Waals surface area (Å²) in [6, 6.07) is 19.8. The van der Waals surface area contributed by atoms with Crippen LogP contribution in [0.2, 0.25) is 5.02 Å². The Labute approximate surface area is 212 Å². The predicted molar refractivity (Wildman–Crippen MR) is 145 cm³/mol. The van der Waals surface area contributed by atoms with Crippen LogP contribution in [0.15, 0.2) is 65.6 Å². The zero-order chi connectivity index (χ0) is 25.0. The molecule has 34 heavy (non-hydrogen) atoms. The summed E-state index contributed by atoms with van der Waals surface area (Å²) in [5, 5.41) is 0.673. The molecular formula is C29H36ClNO2S. The highest BCUT2D eigenvalue weighted by atomic mass is 35.5. The molecule has 182 valence electrons. The lowest BCUT2D eigenvalue weighted by molar-refractivity contribution is 0.414. The van der Waals surface area contributed by atoms with Crippen LogP contribution in [-0.2, 0) is 11.0 Å². The van der Waals surface area contributed by atoms with E-state index in [1.54, 1.807) is 7.11 Å². The van der Waals surface area contributed by atoms with E-state index in [0.717, 1.165) is 32.9 Å². The number of benzene rings is 3. The summed E-state index contributed by atoms with van der Waals surface area (Å²) >= 11 is 6.16. The molecule has 2 atom stereocenters. The molecule has 0 saturated carbocycles. The highest BCUT2D eigenvalue weighted by Gasteiger charge is 2.25. The molecule has 0 aromatic heterocycles. The average Bonchev–Trinajstić information content (AvgIpc) is 2.82. The number of hydrogen-bond donors (Lipinski definition) is 1. The van der Waals surface area contributed by atoms with Crippen LogP contribution in [0.1, 0.15) is 93.2 Å². The van der Waals surface area contributed by atoms with Crippen molar-refractivity contribution in [2.45, 2.75) is 70.2 Å². The molecule has 0 spiro atoms. The summed E-state index contributed by atoms with van der Waals surface area (Å²) in [6.07, 6.45) is 0. The molecule has 3 rings (SSSR count). The molecule has 0 heterocycles. The summed E-state index contributed by atoms with van der Waals surface area (Å²) < 4.78 is 22.9. The molecule has 0 bridgehead atoms. The minimum Gasteiger partial charge on any atom is -0.497 e. The summed E-state index contributed by atoms with van der Waals surface area (Å²) in [4.78, 5) is 0.905. The smallest absolute Gasteiger partial charge is 0.126 e. The van der Waals surface area contributed by atoms with Gasteiger partial charge in [-0.1, -0.05) is 89.5 Å². The SMILES string of the molecule is COc1ccc([C@H](NS(=O)c2c(C(C)C)cc(C(C)C)cc2C(C)C)c2ccc(Cl)cc2)cc1. The molecule has 0 amide bonds. The van der Waals surface area contributed by atoms with E-state index in [4.69, 9.17) is 16.3 Å². The van der Waals surface area contributed by atoms with Crippen molar-refractivity contribution in [3.05, 3.63) is 93.5 Å². The van der Waals surface area contributed by atoms with E-state index < -0.39 is 11.0 Å². The molecule has 1 N–H and O–H groups in total. The number of hydrogen-bond acceptors (Lipinski definition) is 2. The minimum atomic E-state index is -1.43. The molecule has 0 aliphatic carbocycles. The Balaban J connectivity index is 2.11. The molecule has 0 saturated heterocycles. The zero-order valence-electron chi connectivity index (χ0n) is 21.2. The molecule has 5 heteroatoms. The fraction of sp³-hybridized carbons (Fsp3) is 0.379. The first-order chi connectivity index (χ1) is 16.1. The van der Waals surface area contributed by atoms with Crippen molar-refractivity contribution in [1.29, 1.82) is 0 Å². The van der Waals surface area contributed by atoms with E-state index in [-0.39, 0.29) is 17.9 Å². The van der Waals surface area contributed by atoms with E-state index in [9.17, 15) is 4.21 Å². The van der Waals surface area contributed by atoms with Crippen LogP contribution >= 0.6 is 11.6 Å². The molecule has 0 fully saturated rings. The standard InChI is InChI=1S/C29H36ClNO2S/c1-18(2)23-16-26(19(3)4)29(27(17-23)20(5)6)34(32)31-28(21-8-12-24(30)13-9-21)22-10-14-25(33-7)15-11-22/h8-20,28,31H,1-7H3/t28-,34?/m1/s1. The van der Waals surface area contributed by atoms with Crippen LogP contribution in [0.4, 0.5) is 0 Å². The number of nitrogens with one attached hydrogen (secondary N) is 1. The van der Waals surface area contributed by atoms with Gasteiger partial charge < -0.3 is 4.74 Å². The van der Waals surface area contributed by atoms with Gasteiger partial charge in [0, 0.05) is 5.02 Å². The van der Waals surface area contributed by atoms with Gasteiger partial charge in [-0.3, -0.25) is 0 Å². The third-order valence-electron chi connectivity index (χ3n) is 6.14. The molecule has 3 aromatic rings. The Bertz CT molecular complexity index is 1090. The normalized spacial score (nSPS) is 13.5. The van der Waals surface area contributed by atoms with Crippen LogP contribution in [0.3, 0.4) is 0 Å². The monoisotopic (exact) mass is 497 g/mol. The van der Waals surface area contributed by atoms with Crippen LogP contribution in [0.5, 0.6) is 5.75 Å². The quantitative estimate of drug-likeness (QED) is 0.324. The van der Waals surface area contributed by atoms with E-state index >= 15 is 0 Å². The van der Waals surface area contributed by atoms with Crippen molar-refractivity contribution in [2.75, 3.05) is 7.11 Å². The van der Waals surface area contributed by atoms with Gasteiger partial charge in [0.2, 0.25) is 0 Å². The van der Waals surface area contributed by atoms with Crippen molar-refractivity contribution < 1.29 is 8.95 Å². The van der Waals surface area contributed by atoms with Crippen molar-refractivity contribution in [3.8, 4) is 5.75 Å². The van der Waals surface area contributed by atoms with Gasteiger partial charge in [-0.25, -0.2) is 8.93 Å². The lowest BCUT2D eigenvalue weighted by Gasteiger charge is -2.25. The largest absolute Gasteiger partial charge is 0.497 e. The molecular weight excluding hydrogens is 462 g/mol. The van der Waals surface area contributed by atoms with Crippen LogP contribution in [0.25, 0.3) is 0 Å². The van der Waals surface area contributed by atoms with Gasteiger partial charge in [-0.15, -0.1) is 0 Å². The van der Waals surface area contributed by atoms with Gasteiger partial charge >= 0.3 is 0 Å². The highest BCUT2D eigenvalue weighted by Crippen LogP contribution is 2.35. The Morgan fingerprint density at radius 2 is 1.21 bits per heavy atom. The topological polar surface area (TPSA) is 38.3 Å². The van der Waals surface area contributed by atoms with E-state index in [2.05, 4.69) is 58.4 Å². The van der Waals surface area contributed by atoms with E-state index in [0.29, 0.717) is 10.9 Å². The van der Waals surface area contributed by atoms with Crippen molar-refractivity contribution >= 4 is 22.6 Å². The highest BCUT2D eigenvalue weighted by molar-refractivity contribution is 7.83. The summed E-state index contributed by atoms with van der Waals surface area (Å²) in [5.41, 5.74) is 5.58. The number of halogens is 1. The molecule has 0 radical (unpaired) electrons. The Hall–Kier alpha value is -2.14. The van der Waals surface area contributed by atoms with Crippen LogP contribution in [0, 0.1) is 0 Å². The third-order valence-corrected chi connectivity index (χ3v) is 7.69. The molecule has 3 nitrogen and oxygen atoms in total. The summed E-state index contributed by atoms with van der Waals surface area (Å²) in [5.74, 6) is 1.71. The van der Waals surface area contributed by atoms with Crippen molar-refractivity contribution in [1.82, 2.24) is 4.72 Å². The first-order valence-electron chi connectivity index (χ1n) is 11.9. The second-order valence-corrected chi connectivity index (χ2v) is 11.3. The van der Waals surface area contributed by atoms with Crippen LogP contribution < -0.4 is 9.46 Å². The Morgan fingerprint density at radius 1 is 0.735 bits per heavy atom. The van der Waals surface area contributed by atoms with Crippen LogP contribution in [-0.4, -0.2) is 11.3 Å². The minimum absolute atomic E-state index is 0.256. The number of methoxy groups -OCH3 is 1. The first-order valence-corrected chi connectivity index (χ1v) is 13.4. The Morgan fingerprint density at radius 3 is 1.62 bits per heavy atom. The summed E-state index contributed by atoms with van der Waals surface area (Å²) in [7, 11) is 0.227. The van der Waals surface area contributed by atoms with Gasteiger partial charge in [0.1, 0.15) is 16.7 Å². The van der Waals surface area contributed by atoms with Crippen molar-refractivity contribution in [3.63, 3.8) is 0 Å². The second-order valence-electron chi connectivity index (χ2n) is 9.64. The Kier molecular flexibility index (Phi) is 8.97. The van der Waals surface area contributed by atoms with Gasteiger partial charge in [-0.2, -0.15) is 0 Å². The fourth-order valence-electron chi connectivity index (χ4n) is 4.05. The number of ether oxygens (including phenoxy) is 1. The molecule has 0 aliphatic rings. The van der Waals surface area contributed by atoms with E-state index in [1.807, 2.05) is 48.5 Å². The van der Waals surface area contributed by atoms with E-state index in [1.165, 1.54) is 5.56 Å². The lowest BCUT2D eigenvalue weighted by Crippen LogP contribution is -2.27. The van der Waals surface area contributed by atoms with Gasteiger partial charge in [-0.05, 0) is 69.8 Å². The maximum absolute atomic E-state index is 14.1. The second kappa shape index (κ2) is 11.5. The third kappa shape index (κ3) is 6.10. The molecule has 3 aromatic carbocycles. The number of rotatable bonds is 9. The average molecular weight is 498 g/mol. The molecule has 1 unspecified atom stereocenters. The van der Waals surface area contributed by atoms with Gasteiger partial charge in [0.05, 0.1) is 18.0 Å². The molecule has 0 aliphatic heterocycles.